The Bertz CT molecular complexity index is 476. The molecule has 2 unspecified atom stereocenters. The van der Waals surface area contributed by atoms with Crippen LogP contribution in [0.2, 0.25) is 0 Å². The van der Waals surface area contributed by atoms with Crippen molar-refractivity contribution in [1.82, 2.24) is 5.32 Å². The van der Waals surface area contributed by atoms with Crippen molar-refractivity contribution in [2.75, 3.05) is 12.4 Å². The Labute approximate surface area is 116 Å². The summed E-state index contributed by atoms with van der Waals surface area (Å²) in [5.41, 5.74) is 1.38. The zero-order valence-corrected chi connectivity index (χ0v) is 11.3. The molecule has 0 spiro atoms. The van der Waals surface area contributed by atoms with Crippen molar-refractivity contribution in [3.05, 3.63) is 29.8 Å². The number of aliphatic carboxylic acids is 1. The number of nitrogens with one attached hydrogen (secondary N) is 2. The van der Waals surface area contributed by atoms with Crippen LogP contribution in [0.5, 0.6) is 0 Å². The van der Waals surface area contributed by atoms with Crippen LogP contribution in [0.25, 0.3) is 0 Å². The molecular weight excluding hydrogens is 264 g/mol. The third-order valence-electron chi connectivity index (χ3n) is 2.53. The quantitative estimate of drug-likeness (QED) is 0.617. The molecule has 1 rings (SSSR count). The maximum absolute atomic E-state index is 11.7. The Hall–Kier alpha value is -2.12. The van der Waals surface area contributed by atoms with Crippen LogP contribution in [0, 0.1) is 0 Å². The monoisotopic (exact) mass is 282 g/mol. The van der Waals surface area contributed by atoms with Crippen molar-refractivity contribution in [1.29, 1.82) is 0 Å². The van der Waals surface area contributed by atoms with E-state index in [0.29, 0.717) is 12.3 Å². The molecule has 0 aliphatic carbocycles. The molecule has 2 amide bonds. The zero-order valence-electron chi connectivity index (χ0n) is 11.3. The third kappa shape index (κ3) is 4.87. The van der Waals surface area contributed by atoms with E-state index in [0.717, 1.165) is 5.56 Å². The lowest BCUT2D eigenvalue weighted by Gasteiger charge is -2.17. The maximum atomic E-state index is 11.7. The van der Waals surface area contributed by atoms with Gasteiger partial charge in [0.25, 0.3) is 0 Å². The van der Waals surface area contributed by atoms with Crippen molar-refractivity contribution in [3.63, 3.8) is 0 Å². The van der Waals surface area contributed by atoms with Gasteiger partial charge in [-0.25, -0.2) is 9.59 Å². The maximum Gasteiger partial charge on any atom is 0.328 e. The van der Waals surface area contributed by atoms with Gasteiger partial charge in [0.1, 0.15) is 0 Å². The van der Waals surface area contributed by atoms with Crippen LogP contribution in [0.1, 0.15) is 12.5 Å². The predicted molar refractivity (Wildman–Crippen MR) is 72.4 cm³/mol. The van der Waals surface area contributed by atoms with Gasteiger partial charge in [-0.15, -0.1) is 0 Å². The van der Waals surface area contributed by atoms with Crippen LogP contribution in [0.4, 0.5) is 10.5 Å². The standard InChI is InChI=1S/C13H18N2O5/c1-8(16)11(12(17)18)15-13(19)14-10-5-3-4-9(6-10)7-20-2/h3-6,8,11,16H,7H2,1-2H3,(H,17,18)(H2,14,15,19). The first-order valence-corrected chi connectivity index (χ1v) is 6.00. The Morgan fingerprint density at radius 1 is 1.40 bits per heavy atom. The number of aliphatic hydroxyl groups excluding tert-OH is 1. The molecule has 0 aliphatic rings. The molecule has 1 aromatic rings. The second-order valence-electron chi connectivity index (χ2n) is 4.29. The van der Waals surface area contributed by atoms with Crippen molar-refractivity contribution in [2.24, 2.45) is 0 Å². The van der Waals surface area contributed by atoms with Gasteiger partial charge in [-0.1, -0.05) is 12.1 Å². The Morgan fingerprint density at radius 2 is 2.10 bits per heavy atom. The highest BCUT2D eigenvalue weighted by Gasteiger charge is 2.24. The summed E-state index contributed by atoms with van der Waals surface area (Å²) in [4.78, 5) is 22.5. The molecule has 7 heteroatoms. The lowest BCUT2D eigenvalue weighted by molar-refractivity contribution is -0.141. The number of ether oxygens (including phenoxy) is 1. The summed E-state index contributed by atoms with van der Waals surface area (Å²) < 4.78 is 4.98. The van der Waals surface area contributed by atoms with Crippen LogP contribution in [0.3, 0.4) is 0 Å². The van der Waals surface area contributed by atoms with E-state index in [4.69, 9.17) is 9.84 Å². The summed E-state index contributed by atoms with van der Waals surface area (Å²) in [6.45, 7) is 1.70. The molecule has 2 atom stereocenters. The first-order valence-electron chi connectivity index (χ1n) is 6.00. The molecule has 4 N–H and O–H groups in total. The van der Waals surface area contributed by atoms with E-state index >= 15 is 0 Å². The number of urea groups is 1. The zero-order chi connectivity index (χ0) is 15.1. The van der Waals surface area contributed by atoms with Crippen molar-refractivity contribution in [3.8, 4) is 0 Å². The lowest BCUT2D eigenvalue weighted by atomic mass is 10.2. The molecule has 1 aromatic carbocycles. The first-order chi connectivity index (χ1) is 9.43. The molecule has 0 fully saturated rings. The van der Waals surface area contributed by atoms with E-state index < -0.39 is 24.1 Å². The molecular formula is C13H18N2O5. The summed E-state index contributed by atoms with van der Waals surface area (Å²) >= 11 is 0. The van der Waals surface area contributed by atoms with E-state index in [2.05, 4.69) is 10.6 Å². The van der Waals surface area contributed by atoms with E-state index in [9.17, 15) is 14.7 Å². The summed E-state index contributed by atoms with van der Waals surface area (Å²) in [5.74, 6) is -1.30. The van der Waals surface area contributed by atoms with E-state index in [1.54, 1.807) is 25.3 Å². The molecule has 0 saturated heterocycles. The third-order valence-corrected chi connectivity index (χ3v) is 2.53. The summed E-state index contributed by atoms with van der Waals surface area (Å²) in [5, 5.41) is 22.8. The fourth-order valence-corrected chi connectivity index (χ4v) is 1.60. The number of rotatable bonds is 6. The molecule has 0 radical (unpaired) electrons. The van der Waals surface area contributed by atoms with Crippen LogP contribution in [-0.4, -0.2) is 41.5 Å². The van der Waals surface area contributed by atoms with Gasteiger partial charge in [-0.3, -0.25) is 0 Å². The van der Waals surface area contributed by atoms with Crippen LogP contribution >= 0.6 is 0 Å². The minimum atomic E-state index is -1.36. The fraction of sp³-hybridized carbons (Fsp3) is 0.385. The summed E-state index contributed by atoms with van der Waals surface area (Å²) in [6.07, 6.45) is -1.20. The average Bonchev–Trinajstić information content (AvgIpc) is 2.36. The number of benzene rings is 1. The summed E-state index contributed by atoms with van der Waals surface area (Å²) in [7, 11) is 1.56. The minimum absolute atomic E-state index is 0.405. The van der Waals surface area contributed by atoms with Gasteiger partial charge < -0.3 is 25.6 Å². The molecule has 20 heavy (non-hydrogen) atoms. The van der Waals surface area contributed by atoms with E-state index in [1.807, 2.05) is 6.07 Å². The second-order valence-corrected chi connectivity index (χ2v) is 4.29. The number of hydrogen-bond donors (Lipinski definition) is 4. The molecule has 0 bridgehead atoms. The van der Waals surface area contributed by atoms with Gasteiger partial charge in [0.15, 0.2) is 6.04 Å². The molecule has 0 saturated carbocycles. The van der Waals surface area contributed by atoms with Gasteiger partial charge in [-0.05, 0) is 24.6 Å². The number of carboxylic acids is 1. The number of hydrogen-bond acceptors (Lipinski definition) is 4. The van der Waals surface area contributed by atoms with Gasteiger partial charge in [0.05, 0.1) is 12.7 Å². The number of amides is 2. The smallest absolute Gasteiger partial charge is 0.328 e. The molecule has 0 heterocycles. The van der Waals surface area contributed by atoms with E-state index in [1.165, 1.54) is 6.92 Å². The van der Waals surface area contributed by atoms with Crippen LogP contribution in [0.15, 0.2) is 24.3 Å². The van der Waals surface area contributed by atoms with Crippen molar-refractivity contribution < 1.29 is 24.5 Å². The van der Waals surface area contributed by atoms with Gasteiger partial charge in [0, 0.05) is 12.8 Å². The highest BCUT2D eigenvalue weighted by Crippen LogP contribution is 2.11. The Kier molecular flexibility index (Phi) is 5.95. The number of carbonyl (C=O) groups excluding carboxylic acids is 1. The van der Waals surface area contributed by atoms with Crippen LogP contribution in [-0.2, 0) is 16.1 Å². The van der Waals surface area contributed by atoms with Crippen LogP contribution < -0.4 is 10.6 Å². The fourth-order valence-electron chi connectivity index (χ4n) is 1.60. The minimum Gasteiger partial charge on any atom is -0.480 e. The average molecular weight is 282 g/mol. The number of anilines is 1. The Balaban J connectivity index is 2.66. The predicted octanol–water partition coefficient (Wildman–Crippen LogP) is 0.788. The SMILES string of the molecule is COCc1cccc(NC(=O)NC(C(=O)O)C(C)O)c1. The molecule has 7 nitrogen and oxygen atoms in total. The molecule has 110 valence electrons. The normalized spacial score (nSPS) is 13.3. The van der Waals surface area contributed by atoms with E-state index in [-0.39, 0.29) is 0 Å². The number of carbonyl (C=O) groups is 2. The molecule has 0 aliphatic heterocycles. The summed E-state index contributed by atoms with van der Waals surface area (Å²) in [6, 6.07) is 4.89. The largest absolute Gasteiger partial charge is 0.480 e. The van der Waals surface area contributed by atoms with Gasteiger partial charge in [-0.2, -0.15) is 0 Å². The van der Waals surface area contributed by atoms with Crippen molar-refractivity contribution >= 4 is 17.7 Å². The number of aliphatic hydroxyl groups is 1. The highest BCUT2D eigenvalue weighted by atomic mass is 16.5. The second kappa shape index (κ2) is 7.46. The first kappa shape index (κ1) is 15.9. The highest BCUT2D eigenvalue weighted by molar-refractivity contribution is 5.92. The van der Waals surface area contributed by atoms with Gasteiger partial charge >= 0.3 is 12.0 Å². The number of methoxy groups -OCH3 is 1. The topological polar surface area (TPSA) is 108 Å². The number of carboxylic acid groups (broad SMARTS) is 1. The molecule has 0 aromatic heterocycles. The Morgan fingerprint density at radius 3 is 2.65 bits per heavy atom. The lowest BCUT2D eigenvalue weighted by Crippen LogP contribution is -2.49. The van der Waals surface area contributed by atoms with Gasteiger partial charge in [0.2, 0.25) is 0 Å². The van der Waals surface area contributed by atoms with Crippen molar-refractivity contribution in [2.45, 2.75) is 25.7 Å².